The number of amides is 1. The fourth-order valence-electron chi connectivity index (χ4n) is 1.51. The highest BCUT2D eigenvalue weighted by molar-refractivity contribution is 5.81. The number of nitrogens with one attached hydrogen (secondary N) is 1. The lowest BCUT2D eigenvalue weighted by atomic mass is 9.88. The van der Waals surface area contributed by atoms with E-state index in [2.05, 4.69) is 5.32 Å². The maximum Gasteiger partial charge on any atom is 0.408 e. The number of carbonyl (C=O) groups excluding carboxylic acids is 1. The van der Waals surface area contributed by atoms with Crippen molar-refractivity contribution in [1.82, 2.24) is 5.32 Å². The topological polar surface area (TPSA) is 95.9 Å². The molecule has 6 heteroatoms. The lowest BCUT2D eigenvalue weighted by molar-refractivity contribution is -0.147. The molecule has 0 spiro atoms. The molecule has 0 aliphatic rings. The van der Waals surface area contributed by atoms with Crippen LogP contribution in [-0.2, 0) is 9.53 Å². The second-order valence-corrected chi connectivity index (χ2v) is 5.23. The molecule has 0 saturated heterocycles. The first-order valence-corrected chi connectivity index (χ1v) is 6.00. The summed E-state index contributed by atoms with van der Waals surface area (Å²) in [6.07, 6.45) is -0.415. The van der Waals surface area contributed by atoms with Gasteiger partial charge in [0.25, 0.3) is 0 Å². The molecule has 0 aliphatic heterocycles. The zero-order chi connectivity index (χ0) is 14.6. The van der Waals surface area contributed by atoms with Gasteiger partial charge in [-0.3, -0.25) is 0 Å². The van der Waals surface area contributed by atoms with Crippen molar-refractivity contribution >= 4 is 12.1 Å². The minimum Gasteiger partial charge on any atom is -0.480 e. The summed E-state index contributed by atoms with van der Waals surface area (Å²) in [7, 11) is 0. The molecular weight excluding hydrogens is 238 g/mol. The molecule has 0 heterocycles. The number of carboxylic acids is 1. The van der Waals surface area contributed by atoms with Crippen LogP contribution in [0.3, 0.4) is 0 Å². The van der Waals surface area contributed by atoms with Gasteiger partial charge in [-0.25, -0.2) is 9.59 Å². The molecule has 106 valence electrons. The van der Waals surface area contributed by atoms with Gasteiger partial charge in [0, 0.05) is 0 Å². The predicted octanol–water partition coefficient (Wildman–Crippen LogP) is 1.52. The first kappa shape index (κ1) is 16.7. The van der Waals surface area contributed by atoms with Crippen LogP contribution >= 0.6 is 0 Å². The van der Waals surface area contributed by atoms with Crippen molar-refractivity contribution < 1.29 is 24.5 Å². The lowest BCUT2D eigenvalue weighted by Gasteiger charge is -2.32. The second-order valence-electron chi connectivity index (χ2n) is 5.23. The Morgan fingerprint density at radius 1 is 1.22 bits per heavy atom. The van der Waals surface area contributed by atoms with E-state index in [4.69, 9.17) is 9.84 Å². The van der Waals surface area contributed by atoms with Gasteiger partial charge in [-0.05, 0) is 33.6 Å². The summed E-state index contributed by atoms with van der Waals surface area (Å²) in [5, 5.41) is 21.4. The van der Waals surface area contributed by atoms with E-state index >= 15 is 0 Å². The average Bonchev–Trinajstić information content (AvgIpc) is 2.22. The number of aliphatic carboxylic acids is 1. The first-order valence-electron chi connectivity index (χ1n) is 6.00. The Labute approximate surface area is 107 Å². The largest absolute Gasteiger partial charge is 0.480 e. The van der Waals surface area contributed by atoms with Crippen molar-refractivity contribution in [3.63, 3.8) is 0 Å². The van der Waals surface area contributed by atoms with Gasteiger partial charge in [-0.2, -0.15) is 0 Å². The zero-order valence-electron chi connectivity index (χ0n) is 11.6. The molecule has 0 saturated carbocycles. The van der Waals surface area contributed by atoms with Gasteiger partial charge in [0.15, 0.2) is 6.04 Å². The van der Waals surface area contributed by atoms with E-state index < -0.39 is 29.3 Å². The third kappa shape index (κ3) is 4.91. The van der Waals surface area contributed by atoms with Crippen molar-refractivity contribution in [1.29, 1.82) is 0 Å². The van der Waals surface area contributed by atoms with E-state index in [0.29, 0.717) is 0 Å². The number of hydrogen-bond donors (Lipinski definition) is 3. The second kappa shape index (κ2) is 6.04. The summed E-state index contributed by atoms with van der Waals surface area (Å²) in [4.78, 5) is 22.7. The molecule has 0 aromatic carbocycles. The molecule has 0 aliphatic carbocycles. The first-order chi connectivity index (χ1) is 8.05. The maximum absolute atomic E-state index is 11.5. The fourth-order valence-corrected chi connectivity index (χ4v) is 1.51. The van der Waals surface area contributed by atoms with Crippen LogP contribution in [0.2, 0.25) is 0 Å². The van der Waals surface area contributed by atoms with E-state index in [1.54, 1.807) is 34.6 Å². The van der Waals surface area contributed by atoms with E-state index in [1.807, 2.05) is 0 Å². The smallest absolute Gasteiger partial charge is 0.408 e. The highest BCUT2D eigenvalue weighted by Crippen LogP contribution is 2.20. The third-order valence-corrected chi connectivity index (χ3v) is 2.67. The summed E-state index contributed by atoms with van der Waals surface area (Å²) in [6.45, 7) is 8.35. The highest BCUT2D eigenvalue weighted by Gasteiger charge is 2.40. The Bertz CT molecular complexity index is 304. The Kier molecular flexibility index (Phi) is 5.60. The minimum atomic E-state index is -1.48. The molecule has 1 amide bonds. The predicted molar refractivity (Wildman–Crippen MR) is 66.3 cm³/mol. The number of alkyl carbamates (subject to hydrolysis) is 1. The molecule has 3 N–H and O–H groups in total. The molecule has 0 bridgehead atoms. The molecular formula is C12H23NO5. The Morgan fingerprint density at radius 2 is 1.67 bits per heavy atom. The summed E-state index contributed by atoms with van der Waals surface area (Å²) < 4.78 is 4.98. The van der Waals surface area contributed by atoms with E-state index in [-0.39, 0.29) is 12.8 Å². The van der Waals surface area contributed by atoms with Crippen molar-refractivity contribution in [2.24, 2.45) is 0 Å². The van der Waals surface area contributed by atoms with Crippen molar-refractivity contribution in [3.8, 4) is 0 Å². The van der Waals surface area contributed by atoms with Crippen LogP contribution in [0.15, 0.2) is 0 Å². The zero-order valence-corrected chi connectivity index (χ0v) is 11.6. The van der Waals surface area contributed by atoms with Gasteiger partial charge in [0.1, 0.15) is 5.60 Å². The summed E-state index contributed by atoms with van der Waals surface area (Å²) in [6, 6.07) is -1.39. The molecule has 0 aromatic heterocycles. The summed E-state index contributed by atoms with van der Waals surface area (Å²) >= 11 is 0. The standard InChI is InChI=1S/C12H23NO5/c1-6-12(17,7-2)8(9(14)15)13-10(16)18-11(3,4)5/h8,17H,6-7H2,1-5H3,(H,13,16)(H,14,15)/t8-/m1/s1. The van der Waals surface area contributed by atoms with Gasteiger partial charge < -0.3 is 20.3 Å². The van der Waals surface area contributed by atoms with Gasteiger partial charge in [0.05, 0.1) is 5.60 Å². The van der Waals surface area contributed by atoms with Gasteiger partial charge in [-0.15, -0.1) is 0 Å². The van der Waals surface area contributed by atoms with Crippen LogP contribution in [0, 0.1) is 0 Å². The number of carbonyl (C=O) groups is 2. The van der Waals surface area contributed by atoms with Crippen LogP contribution in [0.5, 0.6) is 0 Å². The van der Waals surface area contributed by atoms with Gasteiger partial charge in [0.2, 0.25) is 0 Å². The SMILES string of the molecule is CCC(O)(CC)[C@H](NC(=O)OC(C)(C)C)C(=O)O. The average molecular weight is 261 g/mol. The molecule has 0 radical (unpaired) electrons. The van der Waals surface area contributed by atoms with Crippen LogP contribution in [0.1, 0.15) is 47.5 Å². The quantitative estimate of drug-likeness (QED) is 0.697. The van der Waals surface area contributed by atoms with Crippen LogP contribution in [-0.4, -0.2) is 39.5 Å². The number of ether oxygens (including phenoxy) is 1. The third-order valence-electron chi connectivity index (χ3n) is 2.67. The van der Waals surface area contributed by atoms with Gasteiger partial charge >= 0.3 is 12.1 Å². The summed E-state index contributed by atoms with van der Waals surface area (Å²) in [5.41, 5.74) is -2.20. The Morgan fingerprint density at radius 3 is 1.94 bits per heavy atom. The molecule has 0 rings (SSSR count). The lowest BCUT2D eigenvalue weighted by Crippen LogP contribution is -2.57. The molecule has 18 heavy (non-hydrogen) atoms. The highest BCUT2D eigenvalue weighted by atomic mass is 16.6. The van der Waals surface area contributed by atoms with Gasteiger partial charge in [-0.1, -0.05) is 13.8 Å². The summed E-state index contributed by atoms with van der Waals surface area (Å²) in [5.74, 6) is -1.29. The molecule has 0 fully saturated rings. The van der Waals surface area contributed by atoms with E-state index in [9.17, 15) is 14.7 Å². The molecule has 0 unspecified atom stereocenters. The Hall–Kier alpha value is -1.30. The number of rotatable bonds is 5. The number of aliphatic hydroxyl groups is 1. The molecule has 6 nitrogen and oxygen atoms in total. The normalized spacial score (nSPS) is 13.9. The van der Waals surface area contributed by atoms with Crippen molar-refractivity contribution in [2.75, 3.05) is 0 Å². The Balaban J connectivity index is 4.85. The molecule has 0 aromatic rings. The van der Waals surface area contributed by atoms with E-state index in [0.717, 1.165) is 0 Å². The van der Waals surface area contributed by atoms with Crippen molar-refractivity contribution in [2.45, 2.75) is 64.7 Å². The van der Waals surface area contributed by atoms with E-state index in [1.165, 1.54) is 0 Å². The molecule has 1 atom stereocenters. The number of carboxylic acid groups (broad SMARTS) is 1. The fraction of sp³-hybridized carbons (Fsp3) is 0.833. The maximum atomic E-state index is 11.5. The minimum absolute atomic E-state index is 0.219. The van der Waals surface area contributed by atoms with Crippen LogP contribution in [0.4, 0.5) is 4.79 Å². The van der Waals surface area contributed by atoms with Crippen molar-refractivity contribution in [3.05, 3.63) is 0 Å². The van der Waals surface area contributed by atoms with Crippen LogP contribution < -0.4 is 5.32 Å². The van der Waals surface area contributed by atoms with Crippen LogP contribution in [0.25, 0.3) is 0 Å². The number of hydrogen-bond acceptors (Lipinski definition) is 4. The monoisotopic (exact) mass is 261 g/mol.